The van der Waals surface area contributed by atoms with Gasteiger partial charge >= 0.3 is 0 Å². The van der Waals surface area contributed by atoms with Gasteiger partial charge in [-0.1, -0.05) is 17.7 Å². The molecule has 2 aromatic rings. The third kappa shape index (κ3) is 4.38. The lowest BCUT2D eigenvalue weighted by molar-refractivity contribution is -0.154. The highest BCUT2D eigenvalue weighted by Crippen LogP contribution is 2.47. The maximum atomic E-state index is 13.6. The van der Waals surface area contributed by atoms with E-state index in [1.807, 2.05) is 12.1 Å². The first-order chi connectivity index (χ1) is 15.1. The molecule has 3 heterocycles. The third-order valence-electron chi connectivity index (χ3n) is 7.50. The topological polar surface area (TPSA) is 43.4 Å². The number of hydrogen-bond donors (Lipinski definition) is 1. The predicted octanol–water partition coefficient (Wildman–Crippen LogP) is 5.14. The van der Waals surface area contributed by atoms with Crippen LogP contribution in [-0.2, 0) is 21.3 Å². The molecule has 1 N–H and O–H groups in total. The van der Waals surface area contributed by atoms with Gasteiger partial charge in [-0.05, 0) is 86.9 Å². The van der Waals surface area contributed by atoms with E-state index < -0.39 is 0 Å². The van der Waals surface area contributed by atoms with Gasteiger partial charge in [0.2, 0.25) is 0 Å². The van der Waals surface area contributed by atoms with E-state index in [1.54, 1.807) is 6.07 Å². The number of aromatic nitrogens is 1. The molecule has 3 aliphatic rings. The van der Waals surface area contributed by atoms with Crippen molar-refractivity contribution < 1.29 is 13.9 Å². The monoisotopic (exact) mass is 444 g/mol. The number of rotatable bonds is 5. The Labute approximate surface area is 188 Å². The molecule has 1 spiro atoms. The van der Waals surface area contributed by atoms with Crippen LogP contribution in [0.1, 0.15) is 61.4 Å². The van der Waals surface area contributed by atoms with Crippen LogP contribution in [0.4, 0.5) is 4.39 Å². The Kier molecular flexibility index (Phi) is 6.04. The van der Waals surface area contributed by atoms with Crippen molar-refractivity contribution >= 4 is 11.6 Å². The molecule has 4 nitrogen and oxygen atoms in total. The van der Waals surface area contributed by atoms with Crippen molar-refractivity contribution in [1.29, 1.82) is 0 Å². The number of ether oxygens (including phenoxy) is 2. The fourth-order valence-electron chi connectivity index (χ4n) is 5.80. The van der Waals surface area contributed by atoms with E-state index >= 15 is 0 Å². The fourth-order valence-corrected chi connectivity index (χ4v) is 5.98. The van der Waals surface area contributed by atoms with Crippen molar-refractivity contribution in [3.05, 3.63) is 64.2 Å². The Morgan fingerprint density at radius 2 is 2.00 bits per heavy atom. The van der Waals surface area contributed by atoms with Gasteiger partial charge in [0.05, 0.1) is 11.8 Å². The highest BCUT2D eigenvalue weighted by Gasteiger charge is 2.48. The average Bonchev–Trinajstić information content (AvgIpc) is 3.17. The second-order valence-electron chi connectivity index (χ2n) is 9.35. The summed E-state index contributed by atoms with van der Waals surface area (Å²) in [5.74, 6) is -0.288. The Morgan fingerprint density at radius 3 is 2.81 bits per heavy atom. The molecular formula is C25H30ClFN2O2. The molecule has 2 atom stereocenters. The molecule has 0 amide bonds. The van der Waals surface area contributed by atoms with Gasteiger partial charge < -0.3 is 14.8 Å². The van der Waals surface area contributed by atoms with Gasteiger partial charge in [0.25, 0.3) is 0 Å². The van der Waals surface area contributed by atoms with Crippen LogP contribution in [0.3, 0.4) is 0 Å². The number of fused-ring (bicyclic) bond motifs is 1. The summed E-state index contributed by atoms with van der Waals surface area (Å²) in [4.78, 5) is 4.54. The summed E-state index contributed by atoms with van der Waals surface area (Å²) in [6.07, 6.45) is 8.14. The molecule has 2 saturated heterocycles. The van der Waals surface area contributed by atoms with Crippen LogP contribution in [-0.4, -0.2) is 37.0 Å². The Balaban J connectivity index is 1.35. The zero-order valence-corrected chi connectivity index (χ0v) is 18.6. The maximum absolute atomic E-state index is 13.6. The number of hydrogen-bond acceptors (Lipinski definition) is 4. The molecule has 2 unspecified atom stereocenters. The second-order valence-corrected chi connectivity index (χ2v) is 9.79. The van der Waals surface area contributed by atoms with Gasteiger partial charge in [-0.25, -0.2) is 4.39 Å². The Bertz CT molecular complexity index is 911. The molecule has 6 heteroatoms. The smallest absolute Gasteiger partial charge is 0.141 e. The highest BCUT2D eigenvalue weighted by atomic mass is 35.5. The van der Waals surface area contributed by atoms with Crippen molar-refractivity contribution in [2.45, 2.75) is 62.0 Å². The zero-order chi connectivity index (χ0) is 21.3. The number of nitrogens with zero attached hydrogens (tertiary/aromatic N) is 1. The minimum absolute atomic E-state index is 0.119. The number of nitrogens with one attached hydrogen (secondary N) is 1. The van der Waals surface area contributed by atoms with Crippen LogP contribution in [0, 0.1) is 5.82 Å². The molecular weight excluding hydrogens is 415 g/mol. The van der Waals surface area contributed by atoms with Crippen LogP contribution in [0.2, 0.25) is 5.02 Å². The SMILES string of the molecule is Fc1ccc(C2(CCNC3CCc4ccc(Cl)cc43)CCOC3(CCOCC3)C2)nc1. The van der Waals surface area contributed by atoms with Crippen molar-refractivity contribution in [2.24, 2.45) is 0 Å². The van der Waals surface area contributed by atoms with Gasteiger partial charge in [-0.15, -0.1) is 0 Å². The normalized spacial score (nSPS) is 27.4. The lowest BCUT2D eigenvalue weighted by Crippen LogP contribution is -2.51. The highest BCUT2D eigenvalue weighted by molar-refractivity contribution is 6.30. The zero-order valence-electron chi connectivity index (χ0n) is 17.8. The minimum atomic E-state index is -0.288. The van der Waals surface area contributed by atoms with Gasteiger partial charge in [-0.2, -0.15) is 0 Å². The number of aryl methyl sites for hydroxylation is 1. The van der Waals surface area contributed by atoms with E-state index in [1.165, 1.54) is 17.3 Å². The molecule has 5 rings (SSSR count). The first kappa shape index (κ1) is 21.3. The van der Waals surface area contributed by atoms with E-state index in [2.05, 4.69) is 22.4 Å². The fraction of sp³-hybridized carbons (Fsp3) is 0.560. The van der Waals surface area contributed by atoms with Gasteiger partial charge in [0.1, 0.15) is 5.82 Å². The molecule has 2 aliphatic heterocycles. The molecule has 2 fully saturated rings. The third-order valence-corrected chi connectivity index (χ3v) is 7.74. The standard InChI is InChI=1S/C25H30ClFN2O2/c26-19-3-1-18-2-5-22(21(18)15-19)28-11-7-24(23-6-4-20(27)16-29-23)8-14-31-25(17-24)9-12-30-13-10-25/h1,3-4,6,15-16,22,28H,2,5,7-14,17H2. The van der Waals surface area contributed by atoms with E-state index in [0.717, 1.165) is 75.4 Å². The van der Waals surface area contributed by atoms with Crippen molar-refractivity contribution in [1.82, 2.24) is 10.3 Å². The van der Waals surface area contributed by atoms with Gasteiger partial charge in [0.15, 0.2) is 0 Å². The molecule has 1 aromatic carbocycles. The molecule has 31 heavy (non-hydrogen) atoms. The van der Waals surface area contributed by atoms with Crippen LogP contribution in [0.5, 0.6) is 0 Å². The second kappa shape index (κ2) is 8.78. The summed E-state index contributed by atoms with van der Waals surface area (Å²) < 4.78 is 25.6. The van der Waals surface area contributed by atoms with Crippen LogP contribution in [0.25, 0.3) is 0 Å². The van der Waals surface area contributed by atoms with Crippen molar-refractivity contribution in [3.63, 3.8) is 0 Å². The molecule has 166 valence electrons. The Morgan fingerprint density at radius 1 is 1.13 bits per heavy atom. The summed E-state index contributed by atoms with van der Waals surface area (Å²) >= 11 is 6.25. The molecule has 0 radical (unpaired) electrons. The van der Waals surface area contributed by atoms with E-state index in [9.17, 15) is 4.39 Å². The summed E-state index contributed by atoms with van der Waals surface area (Å²) in [5, 5.41) is 4.58. The molecule has 0 bridgehead atoms. The number of benzene rings is 1. The average molecular weight is 445 g/mol. The summed E-state index contributed by atoms with van der Waals surface area (Å²) in [5.41, 5.74) is 3.43. The van der Waals surface area contributed by atoms with Crippen molar-refractivity contribution in [2.75, 3.05) is 26.4 Å². The molecule has 1 aliphatic carbocycles. The van der Waals surface area contributed by atoms with Gasteiger partial charge in [0, 0.05) is 42.0 Å². The minimum Gasteiger partial charge on any atom is -0.381 e. The Hall–Kier alpha value is -1.53. The largest absolute Gasteiger partial charge is 0.381 e. The van der Waals surface area contributed by atoms with E-state index in [4.69, 9.17) is 21.1 Å². The van der Waals surface area contributed by atoms with Crippen LogP contribution < -0.4 is 5.32 Å². The summed E-state index contributed by atoms with van der Waals surface area (Å²) in [7, 11) is 0. The van der Waals surface area contributed by atoms with Crippen molar-refractivity contribution in [3.8, 4) is 0 Å². The van der Waals surface area contributed by atoms with E-state index in [0.29, 0.717) is 12.6 Å². The molecule has 0 saturated carbocycles. The quantitative estimate of drug-likeness (QED) is 0.693. The predicted molar refractivity (Wildman–Crippen MR) is 119 cm³/mol. The maximum Gasteiger partial charge on any atom is 0.141 e. The molecule has 1 aromatic heterocycles. The summed E-state index contributed by atoms with van der Waals surface area (Å²) in [6, 6.07) is 9.98. The first-order valence-electron chi connectivity index (χ1n) is 11.4. The van der Waals surface area contributed by atoms with E-state index in [-0.39, 0.29) is 16.8 Å². The van der Waals surface area contributed by atoms with Crippen LogP contribution in [0.15, 0.2) is 36.5 Å². The number of halogens is 2. The van der Waals surface area contributed by atoms with Gasteiger partial charge in [-0.3, -0.25) is 4.98 Å². The van der Waals surface area contributed by atoms with Crippen LogP contribution >= 0.6 is 11.6 Å². The first-order valence-corrected chi connectivity index (χ1v) is 11.8. The number of pyridine rings is 1. The lowest BCUT2D eigenvalue weighted by atomic mass is 9.66. The lowest BCUT2D eigenvalue weighted by Gasteiger charge is -2.49. The summed E-state index contributed by atoms with van der Waals surface area (Å²) in [6.45, 7) is 3.07.